The molecule has 174 valence electrons. The summed E-state index contributed by atoms with van der Waals surface area (Å²) in [6.45, 7) is 3.29. The van der Waals surface area contributed by atoms with E-state index in [1.165, 1.54) is 12.1 Å². The highest BCUT2D eigenvalue weighted by molar-refractivity contribution is 8.00. The Bertz CT molecular complexity index is 1160. The van der Waals surface area contributed by atoms with Gasteiger partial charge in [-0.3, -0.25) is 10.1 Å². The van der Waals surface area contributed by atoms with Crippen molar-refractivity contribution in [3.05, 3.63) is 64.6 Å². The summed E-state index contributed by atoms with van der Waals surface area (Å²) < 4.78 is 28.3. The van der Waals surface area contributed by atoms with Crippen molar-refractivity contribution >= 4 is 47.0 Å². The predicted octanol–water partition coefficient (Wildman–Crippen LogP) is 6.29. The average molecular weight is 494 g/mol. The highest BCUT2D eigenvalue weighted by Gasteiger charge is 2.22. The first-order chi connectivity index (χ1) is 15.8. The molecule has 0 saturated heterocycles. The fourth-order valence-corrected chi connectivity index (χ4v) is 3.86. The van der Waals surface area contributed by atoms with E-state index in [2.05, 4.69) is 15.2 Å². The Balaban J connectivity index is 1.71. The third kappa shape index (κ3) is 6.39. The number of carboxylic acid groups (broad SMARTS) is 1. The van der Waals surface area contributed by atoms with Gasteiger partial charge in [-0.15, -0.1) is 0 Å². The minimum Gasteiger partial charge on any atom is -0.481 e. The number of carbonyl (C=O) groups is 2. The molecular formula is C22H21ClFN3O5S. The topological polar surface area (TPSA) is 114 Å². The molecule has 1 amide bonds. The van der Waals surface area contributed by atoms with E-state index in [9.17, 15) is 14.0 Å². The Labute approximate surface area is 198 Å². The molecule has 11 heteroatoms. The first-order valence-electron chi connectivity index (χ1n) is 9.84. The number of hydrogen-bond donors (Lipinski definition) is 3. The van der Waals surface area contributed by atoms with Crippen LogP contribution in [0.15, 0.2) is 47.0 Å². The molecule has 0 fully saturated rings. The second kappa shape index (κ2) is 11.1. The zero-order valence-electron chi connectivity index (χ0n) is 17.7. The quantitative estimate of drug-likeness (QED) is 0.235. The van der Waals surface area contributed by atoms with Crippen LogP contribution in [0.1, 0.15) is 30.7 Å². The van der Waals surface area contributed by atoms with Gasteiger partial charge in [0.05, 0.1) is 12.0 Å². The van der Waals surface area contributed by atoms with Gasteiger partial charge >= 0.3 is 12.1 Å². The van der Waals surface area contributed by atoms with Crippen molar-refractivity contribution in [3.8, 4) is 11.3 Å². The Kier molecular flexibility index (Phi) is 8.18. The largest absolute Gasteiger partial charge is 0.481 e. The summed E-state index contributed by atoms with van der Waals surface area (Å²) in [6.07, 6.45) is -1.41. The minimum absolute atomic E-state index is 0.0181. The number of amides is 1. The molecule has 0 radical (unpaired) electrons. The third-order valence-corrected chi connectivity index (χ3v) is 5.67. The molecule has 3 rings (SSSR count). The van der Waals surface area contributed by atoms with Gasteiger partial charge in [0.15, 0.2) is 5.76 Å². The molecule has 3 aromatic rings. The number of ether oxygens (including phenoxy) is 1. The fourth-order valence-electron chi connectivity index (χ4n) is 2.90. The van der Waals surface area contributed by atoms with Gasteiger partial charge in [0, 0.05) is 22.0 Å². The molecule has 0 bridgehead atoms. The number of carbonyl (C=O) groups excluding carboxylic acids is 1. The lowest BCUT2D eigenvalue weighted by Crippen LogP contribution is -2.17. The Hall–Kier alpha value is -3.24. The zero-order chi connectivity index (χ0) is 24.0. The van der Waals surface area contributed by atoms with Gasteiger partial charge in [0.2, 0.25) is 0 Å². The average Bonchev–Trinajstić information content (AvgIpc) is 3.11. The first kappa shape index (κ1) is 24.4. The molecule has 1 atom stereocenters. The van der Waals surface area contributed by atoms with Crippen LogP contribution >= 0.6 is 23.5 Å². The summed E-state index contributed by atoms with van der Waals surface area (Å²) >= 11 is 7.30. The van der Waals surface area contributed by atoms with Crippen LogP contribution in [-0.4, -0.2) is 28.1 Å². The summed E-state index contributed by atoms with van der Waals surface area (Å²) in [5.41, 5.74) is 1.71. The number of rotatable bonds is 9. The number of anilines is 2. The number of hydrogen-bond acceptors (Lipinski definition) is 7. The SMILES string of the molecule is Cc1noc(-c2ccc(NSCCC(=O)O)cc2F)c1NC(=O)OC(C)c1ccccc1Cl. The second-order valence-corrected chi connectivity index (χ2v) is 8.26. The number of carboxylic acids is 1. The van der Waals surface area contributed by atoms with Crippen LogP contribution in [-0.2, 0) is 9.53 Å². The van der Waals surface area contributed by atoms with Gasteiger partial charge in [-0.25, -0.2) is 9.18 Å². The zero-order valence-corrected chi connectivity index (χ0v) is 19.3. The van der Waals surface area contributed by atoms with Crippen LogP contribution < -0.4 is 10.0 Å². The molecule has 33 heavy (non-hydrogen) atoms. The lowest BCUT2D eigenvalue weighted by atomic mass is 10.1. The Morgan fingerprint density at radius 1 is 1.30 bits per heavy atom. The van der Waals surface area contributed by atoms with Gasteiger partial charge in [-0.05, 0) is 38.1 Å². The Morgan fingerprint density at radius 2 is 2.06 bits per heavy atom. The lowest BCUT2D eigenvalue weighted by molar-refractivity contribution is -0.136. The van der Waals surface area contributed by atoms with Crippen molar-refractivity contribution in [3.63, 3.8) is 0 Å². The highest BCUT2D eigenvalue weighted by Crippen LogP contribution is 2.34. The lowest BCUT2D eigenvalue weighted by Gasteiger charge is -2.15. The molecular weight excluding hydrogens is 473 g/mol. The number of nitrogens with zero attached hydrogens (tertiary/aromatic N) is 1. The van der Waals surface area contributed by atoms with Crippen molar-refractivity contribution in [2.75, 3.05) is 15.8 Å². The molecule has 1 heterocycles. The monoisotopic (exact) mass is 493 g/mol. The van der Waals surface area contributed by atoms with Crippen LogP contribution in [0.4, 0.5) is 20.6 Å². The van der Waals surface area contributed by atoms with Gasteiger partial charge < -0.3 is 19.1 Å². The summed E-state index contributed by atoms with van der Waals surface area (Å²) in [4.78, 5) is 23.0. The molecule has 0 aliphatic rings. The predicted molar refractivity (Wildman–Crippen MR) is 125 cm³/mol. The van der Waals surface area contributed by atoms with E-state index in [0.717, 1.165) is 11.9 Å². The van der Waals surface area contributed by atoms with Crippen LogP contribution in [0, 0.1) is 12.7 Å². The van der Waals surface area contributed by atoms with E-state index in [0.29, 0.717) is 27.7 Å². The second-order valence-electron chi connectivity index (χ2n) is 6.96. The van der Waals surface area contributed by atoms with Gasteiger partial charge in [-0.2, -0.15) is 0 Å². The number of aromatic nitrogens is 1. The van der Waals surface area contributed by atoms with Crippen LogP contribution in [0.3, 0.4) is 0 Å². The summed E-state index contributed by atoms with van der Waals surface area (Å²) in [7, 11) is 0. The number of nitrogens with one attached hydrogen (secondary N) is 2. The number of halogens is 2. The normalized spacial score (nSPS) is 11.6. The summed E-state index contributed by atoms with van der Waals surface area (Å²) in [5.74, 6) is -1.16. The van der Waals surface area contributed by atoms with Crippen molar-refractivity contribution < 1.29 is 28.3 Å². The highest BCUT2D eigenvalue weighted by atomic mass is 35.5. The molecule has 0 aliphatic heterocycles. The molecule has 0 saturated carbocycles. The fraction of sp³-hybridized carbons (Fsp3) is 0.227. The van der Waals surface area contributed by atoms with Crippen molar-refractivity contribution in [1.29, 1.82) is 0 Å². The van der Waals surface area contributed by atoms with Crippen LogP contribution in [0.2, 0.25) is 5.02 Å². The number of aryl methyl sites for hydroxylation is 1. The van der Waals surface area contributed by atoms with E-state index in [-0.39, 0.29) is 23.4 Å². The smallest absolute Gasteiger partial charge is 0.412 e. The number of benzene rings is 2. The summed E-state index contributed by atoms with van der Waals surface area (Å²) in [5, 5.41) is 15.5. The van der Waals surface area contributed by atoms with Crippen LogP contribution in [0.25, 0.3) is 11.3 Å². The van der Waals surface area contributed by atoms with Crippen molar-refractivity contribution in [2.24, 2.45) is 0 Å². The molecule has 3 N–H and O–H groups in total. The van der Waals surface area contributed by atoms with Gasteiger partial charge in [0.1, 0.15) is 23.3 Å². The van der Waals surface area contributed by atoms with E-state index >= 15 is 0 Å². The third-order valence-electron chi connectivity index (χ3n) is 4.54. The summed E-state index contributed by atoms with van der Waals surface area (Å²) in [6, 6.07) is 11.3. The molecule has 8 nitrogen and oxygen atoms in total. The first-order valence-corrected chi connectivity index (χ1v) is 11.2. The maximum Gasteiger partial charge on any atom is 0.412 e. The van der Waals surface area contributed by atoms with Gasteiger partial charge in [0.25, 0.3) is 0 Å². The van der Waals surface area contributed by atoms with Crippen LogP contribution in [0.5, 0.6) is 0 Å². The molecule has 1 aromatic heterocycles. The van der Waals surface area contributed by atoms with Crippen molar-refractivity contribution in [1.82, 2.24) is 5.16 Å². The van der Waals surface area contributed by atoms with Gasteiger partial charge in [-0.1, -0.05) is 46.9 Å². The molecule has 0 spiro atoms. The molecule has 0 aliphatic carbocycles. The molecule has 2 aromatic carbocycles. The Morgan fingerprint density at radius 3 is 2.76 bits per heavy atom. The standard InChI is InChI=1S/C22H21ClFN3O5S/c1-12-20(25-22(30)31-13(2)15-5-3-4-6-17(15)23)21(32-26-12)16-8-7-14(11-18(16)24)27-33-10-9-19(28)29/h3-8,11,13,27H,9-10H2,1-2H3,(H,25,30)(H,28,29). The van der Waals surface area contributed by atoms with E-state index in [4.69, 9.17) is 26.0 Å². The van der Waals surface area contributed by atoms with Crippen molar-refractivity contribution in [2.45, 2.75) is 26.4 Å². The van der Waals surface area contributed by atoms with E-state index in [1.54, 1.807) is 44.2 Å². The minimum atomic E-state index is -0.911. The maximum absolute atomic E-state index is 14.8. The van der Waals surface area contributed by atoms with E-state index in [1.807, 2.05) is 0 Å². The van der Waals surface area contributed by atoms with E-state index < -0.39 is 24.0 Å². The number of aliphatic carboxylic acids is 1. The maximum atomic E-state index is 14.8. The molecule has 1 unspecified atom stereocenters.